The molecule has 6 nitrogen and oxygen atoms in total. The van der Waals surface area contributed by atoms with Gasteiger partial charge in [-0.25, -0.2) is 4.98 Å². The highest BCUT2D eigenvalue weighted by atomic mass is 16.1. The summed E-state index contributed by atoms with van der Waals surface area (Å²) in [5.74, 6) is -0.313. The van der Waals surface area contributed by atoms with Crippen molar-refractivity contribution in [1.29, 1.82) is 0 Å². The Kier molecular flexibility index (Phi) is 4.61. The number of benzene rings is 3. The number of azo groups is 1. The molecule has 0 fully saturated rings. The molecule has 0 aliphatic heterocycles. The lowest BCUT2D eigenvalue weighted by atomic mass is 10.2. The third kappa shape index (κ3) is 4.01. The van der Waals surface area contributed by atoms with Crippen molar-refractivity contribution in [2.24, 2.45) is 10.2 Å². The number of amides is 1. The first-order chi connectivity index (χ1) is 13.3. The molecule has 4 aromatic rings. The van der Waals surface area contributed by atoms with E-state index in [0.29, 0.717) is 16.9 Å². The second-order valence-electron chi connectivity index (χ2n) is 5.78. The number of hydrogen-bond donors (Lipinski definition) is 1. The van der Waals surface area contributed by atoms with E-state index in [1.807, 2.05) is 54.6 Å². The van der Waals surface area contributed by atoms with E-state index < -0.39 is 0 Å². The highest BCUT2D eigenvalue weighted by Gasteiger charge is 2.09. The number of nitrogens with one attached hydrogen (secondary N) is 1. The van der Waals surface area contributed by atoms with Gasteiger partial charge in [0.25, 0.3) is 5.91 Å². The van der Waals surface area contributed by atoms with Crippen LogP contribution in [0.1, 0.15) is 10.5 Å². The average molecular weight is 353 g/mol. The molecule has 1 amide bonds. The fourth-order valence-electron chi connectivity index (χ4n) is 2.48. The van der Waals surface area contributed by atoms with E-state index in [-0.39, 0.29) is 11.6 Å². The Morgan fingerprint density at radius 1 is 0.741 bits per heavy atom. The van der Waals surface area contributed by atoms with Crippen molar-refractivity contribution < 1.29 is 4.79 Å². The van der Waals surface area contributed by atoms with Gasteiger partial charge >= 0.3 is 0 Å². The average Bonchev–Trinajstić information content (AvgIpc) is 2.73. The van der Waals surface area contributed by atoms with E-state index in [1.54, 1.807) is 24.3 Å². The second kappa shape index (κ2) is 7.53. The molecule has 1 heterocycles. The standard InChI is InChI=1S/C21H15N5O/c27-21(20-14-22-18-8-4-5-9-19(18)24-20)23-15-10-12-17(13-11-15)26-25-16-6-2-1-3-7-16/h1-14H,(H,23,27). The predicted molar refractivity (Wildman–Crippen MR) is 105 cm³/mol. The van der Waals surface area contributed by atoms with Crippen molar-refractivity contribution in [2.75, 3.05) is 5.32 Å². The van der Waals surface area contributed by atoms with Crippen LogP contribution in [0, 0.1) is 0 Å². The fourth-order valence-corrected chi connectivity index (χ4v) is 2.48. The summed E-state index contributed by atoms with van der Waals surface area (Å²) in [7, 11) is 0. The Balaban J connectivity index is 1.45. The summed E-state index contributed by atoms with van der Waals surface area (Å²) >= 11 is 0. The number of nitrogens with zero attached hydrogens (tertiary/aromatic N) is 4. The van der Waals surface area contributed by atoms with Crippen molar-refractivity contribution in [2.45, 2.75) is 0 Å². The second-order valence-corrected chi connectivity index (χ2v) is 5.78. The molecular weight excluding hydrogens is 338 g/mol. The molecule has 3 aromatic carbocycles. The summed E-state index contributed by atoms with van der Waals surface area (Å²) in [6.07, 6.45) is 1.47. The highest BCUT2D eigenvalue weighted by molar-refractivity contribution is 6.03. The smallest absolute Gasteiger partial charge is 0.275 e. The zero-order chi connectivity index (χ0) is 18.5. The van der Waals surface area contributed by atoms with E-state index in [4.69, 9.17) is 0 Å². The van der Waals surface area contributed by atoms with Gasteiger partial charge in [-0.3, -0.25) is 9.78 Å². The van der Waals surface area contributed by atoms with Crippen LogP contribution < -0.4 is 5.32 Å². The SMILES string of the molecule is O=C(Nc1ccc(N=Nc2ccccc2)cc1)c1cnc2ccccc2n1. The summed E-state index contributed by atoms with van der Waals surface area (Å²) in [6, 6.07) is 24.0. The minimum Gasteiger partial charge on any atom is -0.321 e. The normalized spacial score (nSPS) is 11.0. The molecule has 130 valence electrons. The molecule has 6 heteroatoms. The van der Waals surface area contributed by atoms with Gasteiger partial charge in [0.2, 0.25) is 0 Å². The van der Waals surface area contributed by atoms with Gasteiger partial charge in [-0.15, -0.1) is 0 Å². The molecular formula is C21H15N5O. The van der Waals surface area contributed by atoms with Crippen LogP contribution in [0.15, 0.2) is 95.3 Å². The quantitative estimate of drug-likeness (QED) is 0.506. The minimum absolute atomic E-state index is 0.265. The molecule has 27 heavy (non-hydrogen) atoms. The molecule has 1 N–H and O–H groups in total. The molecule has 1 aromatic heterocycles. The molecule has 0 unspecified atom stereocenters. The van der Waals surface area contributed by atoms with E-state index in [9.17, 15) is 4.79 Å². The lowest BCUT2D eigenvalue weighted by molar-refractivity contribution is 0.102. The van der Waals surface area contributed by atoms with Gasteiger partial charge in [-0.05, 0) is 48.5 Å². The van der Waals surface area contributed by atoms with Crippen molar-refractivity contribution in [1.82, 2.24) is 9.97 Å². The molecule has 4 rings (SSSR count). The van der Waals surface area contributed by atoms with E-state index in [1.165, 1.54) is 6.20 Å². The minimum atomic E-state index is -0.313. The van der Waals surface area contributed by atoms with Crippen LogP contribution >= 0.6 is 0 Å². The molecule has 0 bridgehead atoms. The van der Waals surface area contributed by atoms with Gasteiger partial charge in [-0.2, -0.15) is 10.2 Å². The first-order valence-corrected chi connectivity index (χ1v) is 8.38. The largest absolute Gasteiger partial charge is 0.321 e. The van der Waals surface area contributed by atoms with Crippen molar-refractivity contribution in [3.63, 3.8) is 0 Å². The number of carbonyl (C=O) groups excluding carboxylic acids is 1. The Morgan fingerprint density at radius 3 is 2.11 bits per heavy atom. The summed E-state index contributed by atoms with van der Waals surface area (Å²) in [6.45, 7) is 0. The summed E-state index contributed by atoms with van der Waals surface area (Å²) in [5.41, 5.74) is 3.83. The van der Waals surface area contributed by atoms with Gasteiger partial charge in [-0.1, -0.05) is 30.3 Å². The lowest BCUT2D eigenvalue weighted by Gasteiger charge is -2.05. The zero-order valence-electron chi connectivity index (χ0n) is 14.3. The van der Waals surface area contributed by atoms with Gasteiger partial charge in [0, 0.05) is 5.69 Å². The van der Waals surface area contributed by atoms with E-state index in [0.717, 1.165) is 11.2 Å². The lowest BCUT2D eigenvalue weighted by Crippen LogP contribution is -2.14. The van der Waals surface area contributed by atoms with Gasteiger partial charge in [0.05, 0.1) is 28.6 Å². The number of hydrogen-bond acceptors (Lipinski definition) is 5. The first kappa shape index (κ1) is 16.5. The van der Waals surface area contributed by atoms with Crippen LogP contribution in [0.4, 0.5) is 17.1 Å². The van der Waals surface area contributed by atoms with Crippen molar-refractivity contribution in [3.05, 3.63) is 90.8 Å². The third-order valence-corrected chi connectivity index (χ3v) is 3.84. The van der Waals surface area contributed by atoms with Crippen LogP contribution in [0.3, 0.4) is 0 Å². The molecule has 0 aliphatic rings. The van der Waals surface area contributed by atoms with Gasteiger partial charge in [0.1, 0.15) is 5.69 Å². The maximum Gasteiger partial charge on any atom is 0.275 e. The fraction of sp³-hybridized carbons (Fsp3) is 0. The van der Waals surface area contributed by atoms with Crippen LogP contribution in [0.25, 0.3) is 11.0 Å². The predicted octanol–water partition coefficient (Wildman–Crippen LogP) is 5.30. The molecule has 0 spiro atoms. The Bertz CT molecular complexity index is 1110. The van der Waals surface area contributed by atoms with Crippen LogP contribution in [0.2, 0.25) is 0 Å². The molecule has 0 saturated carbocycles. The Morgan fingerprint density at radius 2 is 1.37 bits per heavy atom. The molecule has 0 saturated heterocycles. The monoisotopic (exact) mass is 353 g/mol. The maximum absolute atomic E-state index is 12.4. The van der Waals surface area contributed by atoms with E-state index in [2.05, 4.69) is 25.5 Å². The van der Waals surface area contributed by atoms with Crippen molar-refractivity contribution >= 4 is 34.0 Å². The summed E-state index contributed by atoms with van der Waals surface area (Å²) in [5, 5.41) is 11.2. The molecule has 0 atom stereocenters. The zero-order valence-corrected chi connectivity index (χ0v) is 14.3. The maximum atomic E-state index is 12.4. The van der Waals surface area contributed by atoms with Crippen LogP contribution in [-0.4, -0.2) is 15.9 Å². The topological polar surface area (TPSA) is 79.6 Å². The third-order valence-electron chi connectivity index (χ3n) is 3.84. The molecule has 0 radical (unpaired) electrons. The van der Waals surface area contributed by atoms with E-state index >= 15 is 0 Å². The highest BCUT2D eigenvalue weighted by Crippen LogP contribution is 2.20. The number of carbonyl (C=O) groups is 1. The Hall–Kier alpha value is -3.93. The van der Waals surface area contributed by atoms with Gasteiger partial charge < -0.3 is 5.32 Å². The van der Waals surface area contributed by atoms with Crippen LogP contribution in [0.5, 0.6) is 0 Å². The number of para-hydroxylation sites is 2. The number of anilines is 1. The number of aromatic nitrogens is 2. The van der Waals surface area contributed by atoms with Crippen LogP contribution in [-0.2, 0) is 0 Å². The first-order valence-electron chi connectivity index (χ1n) is 8.38. The molecule has 0 aliphatic carbocycles. The Labute approximate surface area is 155 Å². The van der Waals surface area contributed by atoms with Gasteiger partial charge in [0.15, 0.2) is 0 Å². The number of rotatable bonds is 4. The van der Waals surface area contributed by atoms with Crippen molar-refractivity contribution in [3.8, 4) is 0 Å². The summed E-state index contributed by atoms with van der Waals surface area (Å²) < 4.78 is 0. The number of fused-ring (bicyclic) bond motifs is 1. The summed E-state index contributed by atoms with van der Waals surface area (Å²) in [4.78, 5) is 21.0.